The van der Waals surface area contributed by atoms with Crippen molar-refractivity contribution in [3.63, 3.8) is 0 Å². The number of benzene rings is 1. The Bertz CT molecular complexity index is 970. The number of carbonyl (C=O) groups is 1. The van der Waals surface area contributed by atoms with Crippen molar-refractivity contribution in [2.24, 2.45) is 0 Å². The van der Waals surface area contributed by atoms with Crippen LogP contribution in [0.25, 0.3) is 0 Å². The summed E-state index contributed by atoms with van der Waals surface area (Å²) in [6, 6.07) is 5.19. The Balaban J connectivity index is 2.14. The summed E-state index contributed by atoms with van der Waals surface area (Å²) in [5.41, 5.74) is 2.02. The molecule has 9 heteroatoms. The molecule has 0 amide bonds. The minimum atomic E-state index is -0.504. The Kier molecular flexibility index (Phi) is 7.48. The van der Waals surface area contributed by atoms with Gasteiger partial charge in [-0.2, -0.15) is 4.98 Å². The zero-order chi connectivity index (χ0) is 22.5. The number of aromatic nitrogens is 3. The van der Waals surface area contributed by atoms with Crippen molar-refractivity contribution < 1.29 is 19.0 Å². The molecule has 1 aromatic heterocycles. The van der Waals surface area contributed by atoms with Gasteiger partial charge >= 0.3 is 5.97 Å². The quantitative estimate of drug-likeness (QED) is 0.447. The van der Waals surface area contributed by atoms with E-state index in [-0.39, 0.29) is 12.1 Å². The molecule has 0 spiro atoms. The lowest BCUT2D eigenvalue weighted by Gasteiger charge is -2.29. The van der Waals surface area contributed by atoms with Gasteiger partial charge in [-0.05, 0) is 58.1 Å². The van der Waals surface area contributed by atoms with Crippen LogP contribution in [0, 0.1) is 0 Å². The molecule has 168 valence electrons. The first-order valence-corrected chi connectivity index (χ1v) is 11.6. The van der Waals surface area contributed by atoms with Crippen LogP contribution < -0.4 is 14.8 Å². The van der Waals surface area contributed by atoms with Crippen LogP contribution in [0.3, 0.4) is 0 Å². The molecule has 1 N–H and O–H groups in total. The number of thioether (sulfide) groups is 1. The van der Waals surface area contributed by atoms with Crippen LogP contribution in [0.2, 0.25) is 0 Å². The van der Waals surface area contributed by atoms with E-state index >= 15 is 0 Å². The number of fused-ring (bicyclic) bond motifs is 1. The summed E-state index contributed by atoms with van der Waals surface area (Å²) in [6.07, 6.45) is -0.240. The fourth-order valence-corrected chi connectivity index (χ4v) is 3.96. The van der Waals surface area contributed by atoms with Crippen molar-refractivity contribution in [2.75, 3.05) is 24.3 Å². The predicted octanol–water partition coefficient (Wildman–Crippen LogP) is 4.43. The highest BCUT2D eigenvalue weighted by Gasteiger charge is 2.36. The summed E-state index contributed by atoms with van der Waals surface area (Å²) < 4.78 is 18.8. The number of hydrogen-bond acceptors (Lipinski definition) is 8. The molecule has 0 fully saturated rings. The van der Waals surface area contributed by atoms with E-state index in [1.54, 1.807) is 16.4 Å². The summed E-state index contributed by atoms with van der Waals surface area (Å²) in [6.45, 7) is 12.4. The Morgan fingerprint density at radius 3 is 2.55 bits per heavy atom. The van der Waals surface area contributed by atoms with Crippen molar-refractivity contribution in [3.8, 4) is 11.5 Å². The normalized spacial score (nSPS) is 15.5. The molecule has 0 saturated heterocycles. The van der Waals surface area contributed by atoms with Gasteiger partial charge < -0.3 is 19.5 Å². The summed E-state index contributed by atoms with van der Waals surface area (Å²) >= 11 is 1.55. The van der Waals surface area contributed by atoms with Crippen LogP contribution in [0.15, 0.2) is 34.6 Å². The monoisotopic (exact) mass is 446 g/mol. The van der Waals surface area contributed by atoms with Crippen molar-refractivity contribution >= 4 is 23.7 Å². The second-order valence-electron chi connectivity index (χ2n) is 7.19. The number of hydrogen-bond donors (Lipinski definition) is 1. The van der Waals surface area contributed by atoms with Gasteiger partial charge in [0.25, 0.3) is 0 Å². The highest BCUT2D eigenvalue weighted by atomic mass is 32.2. The first-order chi connectivity index (χ1) is 14.9. The molecule has 1 aliphatic heterocycles. The van der Waals surface area contributed by atoms with Crippen molar-refractivity contribution in [1.29, 1.82) is 0 Å². The second-order valence-corrected chi connectivity index (χ2v) is 8.42. The topological polar surface area (TPSA) is 87.5 Å². The van der Waals surface area contributed by atoms with Gasteiger partial charge in [-0.3, -0.25) is 0 Å². The number of nitrogens with one attached hydrogen (secondary N) is 1. The SMILES string of the molecule is CCOc1ccc(C2C(C(=O)OC(C)C)=C(C)Nc3nc(SCC)nn32)cc1OCC. The lowest BCUT2D eigenvalue weighted by atomic mass is 9.95. The van der Waals surface area contributed by atoms with Crippen LogP contribution in [0.1, 0.15) is 53.1 Å². The Morgan fingerprint density at radius 2 is 1.90 bits per heavy atom. The lowest BCUT2D eigenvalue weighted by Crippen LogP contribution is -2.30. The van der Waals surface area contributed by atoms with E-state index in [2.05, 4.69) is 15.4 Å². The number of carbonyl (C=O) groups excluding carboxylic acids is 1. The fraction of sp³-hybridized carbons (Fsp3) is 0.500. The van der Waals surface area contributed by atoms with Crippen LogP contribution in [-0.4, -0.2) is 45.8 Å². The summed E-state index contributed by atoms with van der Waals surface area (Å²) in [4.78, 5) is 17.7. The Labute approximate surface area is 187 Å². The highest BCUT2D eigenvalue weighted by molar-refractivity contribution is 7.99. The summed E-state index contributed by atoms with van der Waals surface area (Å²) in [7, 11) is 0. The maximum absolute atomic E-state index is 13.1. The number of nitrogens with zero attached hydrogens (tertiary/aromatic N) is 3. The van der Waals surface area contributed by atoms with Crippen LogP contribution in [-0.2, 0) is 9.53 Å². The van der Waals surface area contributed by atoms with Gasteiger partial charge in [-0.1, -0.05) is 24.8 Å². The molecule has 0 saturated carbocycles. The van der Waals surface area contributed by atoms with Crippen LogP contribution in [0.5, 0.6) is 11.5 Å². The molecule has 1 aromatic carbocycles. The molecule has 8 nitrogen and oxygen atoms in total. The smallest absolute Gasteiger partial charge is 0.338 e. The third-order valence-electron chi connectivity index (χ3n) is 4.55. The molecule has 1 aliphatic rings. The number of anilines is 1. The average molecular weight is 447 g/mol. The number of allylic oxidation sites excluding steroid dienone is 1. The molecule has 31 heavy (non-hydrogen) atoms. The molecular weight excluding hydrogens is 416 g/mol. The van der Waals surface area contributed by atoms with Crippen LogP contribution >= 0.6 is 11.8 Å². The predicted molar refractivity (Wildman–Crippen MR) is 121 cm³/mol. The van der Waals surface area contributed by atoms with Crippen LogP contribution in [0.4, 0.5) is 5.95 Å². The number of rotatable bonds is 9. The van der Waals surface area contributed by atoms with Gasteiger partial charge in [0.05, 0.1) is 24.9 Å². The molecule has 0 aliphatic carbocycles. The summed E-state index contributed by atoms with van der Waals surface area (Å²) in [5.74, 6) is 2.34. The molecule has 1 unspecified atom stereocenters. The first-order valence-electron chi connectivity index (χ1n) is 10.6. The van der Waals surface area contributed by atoms with Gasteiger partial charge in [-0.15, -0.1) is 5.10 Å². The van der Waals surface area contributed by atoms with Gasteiger partial charge in [0.2, 0.25) is 11.1 Å². The summed E-state index contributed by atoms with van der Waals surface area (Å²) in [5, 5.41) is 8.53. The molecule has 1 atom stereocenters. The molecule has 0 radical (unpaired) electrons. The van der Waals surface area contributed by atoms with Crippen molar-refractivity contribution in [3.05, 3.63) is 35.0 Å². The zero-order valence-electron chi connectivity index (χ0n) is 18.9. The van der Waals surface area contributed by atoms with E-state index in [1.807, 2.05) is 59.7 Å². The standard InChI is InChI=1S/C22H30N4O4S/c1-7-28-16-11-10-15(12-17(16)29-8-2)19-18(20(27)30-13(4)5)14(6)23-21-24-22(31-9-3)25-26(19)21/h10-13,19H,7-9H2,1-6H3,(H,23,24,25). The van der Waals surface area contributed by atoms with E-state index in [4.69, 9.17) is 14.2 Å². The van der Waals surface area contributed by atoms with Gasteiger partial charge in [-0.25, -0.2) is 9.48 Å². The fourth-order valence-electron chi connectivity index (χ4n) is 3.41. The lowest BCUT2D eigenvalue weighted by molar-refractivity contribution is -0.143. The second kappa shape index (κ2) is 10.1. The van der Waals surface area contributed by atoms with E-state index < -0.39 is 6.04 Å². The maximum Gasteiger partial charge on any atom is 0.338 e. The molecule has 3 rings (SSSR count). The molecule has 2 heterocycles. The Hall–Kier alpha value is -2.68. The van der Waals surface area contributed by atoms with E-state index in [0.29, 0.717) is 47.1 Å². The zero-order valence-corrected chi connectivity index (χ0v) is 19.7. The molecule has 0 bridgehead atoms. The third-order valence-corrected chi connectivity index (χ3v) is 5.27. The van der Waals surface area contributed by atoms with E-state index in [0.717, 1.165) is 11.3 Å². The van der Waals surface area contributed by atoms with Gasteiger partial charge in [0, 0.05) is 5.70 Å². The van der Waals surface area contributed by atoms with Gasteiger partial charge in [0.1, 0.15) is 6.04 Å². The number of esters is 1. The Morgan fingerprint density at radius 1 is 1.19 bits per heavy atom. The largest absolute Gasteiger partial charge is 0.490 e. The molecule has 2 aromatic rings. The average Bonchev–Trinajstić information content (AvgIpc) is 3.10. The minimum Gasteiger partial charge on any atom is -0.490 e. The minimum absolute atomic E-state index is 0.240. The highest BCUT2D eigenvalue weighted by Crippen LogP contribution is 2.40. The maximum atomic E-state index is 13.1. The molecular formula is C22H30N4O4S. The number of ether oxygens (including phenoxy) is 3. The van der Waals surface area contributed by atoms with E-state index in [9.17, 15) is 4.79 Å². The third kappa shape index (κ3) is 4.98. The van der Waals surface area contributed by atoms with Crippen molar-refractivity contribution in [2.45, 2.75) is 58.8 Å². The first kappa shape index (κ1) is 23.0. The van der Waals surface area contributed by atoms with Gasteiger partial charge in [0.15, 0.2) is 11.5 Å². The van der Waals surface area contributed by atoms with Crippen molar-refractivity contribution in [1.82, 2.24) is 14.8 Å². The van der Waals surface area contributed by atoms with E-state index in [1.165, 1.54) is 0 Å².